The predicted octanol–water partition coefficient (Wildman–Crippen LogP) is 2.39. The van der Waals surface area contributed by atoms with E-state index >= 15 is 0 Å². The Hall–Kier alpha value is -2.76. The van der Waals surface area contributed by atoms with Gasteiger partial charge < -0.3 is 0 Å². The number of fused-ring (bicyclic) bond motifs is 1. The average molecular weight is 254 g/mol. The van der Waals surface area contributed by atoms with E-state index in [1.807, 2.05) is 30.3 Å². The Morgan fingerprint density at radius 3 is 2.68 bits per heavy atom. The maximum absolute atomic E-state index is 10.7. The van der Waals surface area contributed by atoms with Crippen LogP contribution in [0.4, 0.5) is 5.69 Å². The minimum Gasteiger partial charge on any atom is -0.258 e. The monoisotopic (exact) mass is 254 g/mol. The van der Waals surface area contributed by atoms with Crippen molar-refractivity contribution in [2.45, 2.75) is 6.54 Å². The lowest BCUT2D eigenvalue weighted by atomic mass is 10.2. The highest BCUT2D eigenvalue weighted by atomic mass is 16.6. The molecule has 2 aromatic carbocycles. The van der Waals surface area contributed by atoms with Crippen molar-refractivity contribution in [3.8, 4) is 0 Å². The summed E-state index contributed by atoms with van der Waals surface area (Å²) >= 11 is 0. The van der Waals surface area contributed by atoms with Gasteiger partial charge in [0.15, 0.2) is 0 Å². The Labute approximate surface area is 108 Å². The number of benzene rings is 2. The molecule has 0 spiro atoms. The Kier molecular flexibility index (Phi) is 2.68. The van der Waals surface area contributed by atoms with Gasteiger partial charge in [-0.3, -0.25) is 10.1 Å². The zero-order valence-electron chi connectivity index (χ0n) is 9.93. The van der Waals surface area contributed by atoms with Crippen molar-refractivity contribution in [1.82, 2.24) is 15.0 Å². The molecule has 0 fully saturated rings. The van der Waals surface area contributed by atoms with Crippen LogP contribution in [0.3, 0.4) is 0 Å². The molecule has 6 nitrogen and oxygen atoms in total. The highest BCUT2D eigenvalue weighted by molar-refractivity contribution is 5.77. The van der Waals surface area contributed by atoms with Gasteiger partial charge in [-0.05, 0) is 11.6 Å². The van der Waals surface area contributed by atoms with Crippen LogP contribution in [0, 0.1) is 10.1 Å². The first-order valence-electron chi connectivity index (χ1n) is 5.75. The van der Waals surface area contributed by atoms with Gasteiger partial charge in [0.05, 0.1) is 17.0 Å². The molecular formula is C13H10N4O2. The van der Waals surface area contributed by atoms with Crippen LogP contribution in [0.15, 0.2) is 48.5 Å². The van der Waals surface area contributed by atoms with Gasteiger partial charge in [-0.1, -0.05) is 35.5 Å². The summed E-state index contributed by atoms with van der Waals surface area (Å²) in [5.74, 6) is 0. The normalized spacial score (nSPS) is 10.7. The van der Waals surface area contributed by atoms with Crippen LogP contribution in [0.25, 0.3) is 11.0 Å². The van der Waals surface area contributed by atoms with Crippen molar-refractivity contribution >= 4 is 16.7 Å². The Balaban J connectivity index is 1.99. The summed E-state index contributed by atoms with van der Waals surface area (Å²) < 4.78 is 1.73. The zero-order chi connectivity index (χ0) is 13.2. The molecule has 0 amide bonds. The number of hydrogen-bond acceptors (Lipinski definition) is 4. The fraction of sp³-hybridized carbons (Fsp3) is 0.0769. The number of aromatic nitrogens is 3. The van der Waals surface area contributed by atoms with Crippen LogP contribution in [-0.2, 0) is 6.54 Å². The largest absolute Gasteiger partial charge is 0.271 e. The maximum Gasteiger partial charge on any atom is 0.271 e. The van der Waals surface area contributed by atoms with Gasteiger partial charge in [0.25, 0.3) is 5.69 Å². The summed E-state index contributed by atoms with van der Waals surface area (Å²) in [7, 11) is 0. The lowest BCUT2D eigenvalue weighted by Gasteiger charge is -2.01. The van der Waals surface area contributed by atoms with Crippen LogP contribution in [0.2, 0.25) is 0 Å². The van der Waals surface area contributed by atoms with Gasteiger partial charge in [-0.2, -0.15) is 0 Å². The molecule has 0 atom stereocenters. The number of nitro benzene ring substituents is 1. The average Bonchev–Trinajstić information content (AvgIpc) is 2.82. The lowest BCUT2D eigenvalue weighted by molar-refractivity contribution is -0.384. The molecule has 0 aliphatic rings. The Morgan fingerprint density at radius 1 is 1.16 bits per heavy atom. The summed E-state index contributed by atoms with van der Waals surface area (Å²) in [4.78, 5) is 10.3. The molecule has 0 unspecified atom stereocenters. The van der Waals surface area contributed by atoms with Crippen molar-refractivity contribution in [2.24, 2.45) is 0 Å². The second-order valence-corrected chi connectivity index (χ2v) is 4.16. The van der Waals surface area contributed by atoms with Gasteiger partial charge in [0.2, 0.25) is 0 Å². The van der Waals surface area contributed by atoms with E-state index in [2.05, 4.69) is 10.3 Å². The molecule has 3 aromatic rings. The van der Waals surface area contributed by atoms with E-state index in [0.29, 0.717) is 12.1 Å². The van der Waals surface area contributed by atoms with Crippen LogP contribution < -0.4 is 0 Å². The molecule has 0 aliphatic carbocycles. The number of nitro groups is 1. The van der Waals surface area contributed by atoms with Crippen molar-refractivity contribution in [1.29, 1.82) is 0 Å². The molecule has 3 rings (SSSR count). The quantitative estimate of drug-likeness (QED) is 0.531. The van der Waals surface area contributed by atoms with E-state index in [9.17, 15) is 10.1 Å². The van der Waals surface area contributed by atoms with E-state index < -0.39 is 4.92 Å². The first-order chi connectivity index (χ1) is 9.24. The number of rotatable bonds is 3. The smallest absolute Gasteiger partial charge is 0.258 e. The summed E-state index contributed by atoms with van der Waals surface area (Å²) in [6.07, 6.45) is 0. The molecule has 0 radical (unpaired) electrons. The fourth-order valence-electron chi connectivity index (χ4n) is 1.95. The Bertz CT molecular complexity index is 737. The zero-order valence-corrected chi connectivity index (χ0v) is 9.93. The molecule has 0 saturated carbocycles. The third-order valence-corrected chi connectivity index (χ3v) is 2.88. The third-order valence-electron chi connectivity index (χ3n) is 2.88. The van der Waals surface area contributed by atoms with Crippen molar-refractivity contribution in [3.05, 3.63) is 64.2 Å². The van der Waals surface area contributed by atoms with Crippen molar-refractivity contribution in [3.63, 3.8) is 0 Å². The SMILES string of the molecule is O=[N+]([O-])c1ccc2c(c1)nnn2Cc1ccccc1. The van der Waals surface area contributed by atoms with Gasteiger partial charge >= 0.3 is 0 Å². The molecule has 94 valence electrons. The standard InChI is InChI=1S/C13H10N4O2/c18-17(19)11-6-7-13-12(8-11)14-15-16(13)9-10-4-2-1-3-5-10/h1-8H,9H2. The van der Waals surface area contributed by atoms with Gasteiger partial charge in [0, 0.05) is 12.1 Å². The predicted molar refractivity (Wildman–Crippen MR) is 69.7 cm³/mol. The number of non-ortho nitro benzene ring substituents is 1. The first kappa shape index (κ1) is 11.3. The molecule has 6 heteroatoms. The number of nitrogens with zero attached hydrogens (tertiary/aromatic N) is 4. The summed E-state index contributed by atoms with van der Waals surface area (Å²) in [5.41, 5.74) is 2.45. The van der Waals surface area contributed by atoms with E-state index in [0.717, 1.165) is 11.1 Å². The molecule has 0 aliphatic heterocycles. The summed E-state index contributed by atoms with van der Waals surface area (Å²) in [6, 6.07) is 14.4. The third kappa shape index (κ3) is 2.15. The number of hydrogen-bond donors (Lipinski definition) is 0. The second kappa shape index (κ2) is 4.49. The van der Waals surface area contributed by atoms with Crippen LogP contribution in [0.5, 0.6) is 0 Å². The molecule has 0 bridgehead atoms. The van der Waals surface area contributed by atoms with Crippen LogP contribution in [-0.4, -0.2) is 19.9 Å². The summed E-state index contributed by atoms with van der Waals surface area (Å²) in [6.45, 7) is 0.592. The van der Waals surface area contributed by atoms with E-state index in [1.165, 1.54) is 12.1 Å². The highest BCUT2D eigenvalue weighted by Gasteiger charge is 2.11. The minimum absolute atomic E-state index is 0.0271. The molecule has 0 N–H and O–H groups in total. The fourth-order valence-corrected chi connectivity index (χ4v) is 1.95. The minimum atomic E-state index is -0.435. The van der Waals surface area contributed by atoms with Crippen LogP contribution in [0.1, 0.15) is 5.56 Å². The molecule has 1 aromatic heterocycles. The highest BCUT2D eigenvalue weighted by Crippen LogP contribution is 2.19. The maximum atomic E-state index is 10.7. The van der Waals surface area contributed by atoms with E-state index in [4.69, 9.17) is 0 Å². The molecule has 1 heterocycles. The molecular weight excluding hydrogens is 244 g/mol. The summed E-state index contributed by atoms with van der Waals surface area (Å²) in [5, 5.41) is 18.7. The molecule has 19 heavy (non-hydrogen) atoms. The Morgan fingerprint density at radius 2 is 1.95 bits per heavy atom. The lowest BCUT2D eigenvalue weighted by Crippen LogP contribution is -2.01. The van der Waals surface area contributed by atoms with Crippen LogP contribution >= 0.6 is 0 Å². The van der Waals surface area contributed by atoms with Crippen molar-refractivity contribution in [2.75, 3.05) is 0 Å². The molecule has 0 saturated heterocycles. The first-order valence-corrected chi connectivity index (χ1v) is 5.75. The van der Waals surface area contributed by atoms with E-state index in [-0.39, 0.29) is 5.69 Å². The second-order valence-electron chi connectivity index (χ2n) is 4.16. The van der Waals surface area contributed by atoms with Gasteiger partial charge in [-0.15, -0.1) is 5.10 Å². The van der Waals surface area contributed by atoms with Crippen molar-refractivity contribution < 1.29 is 4.92 Å². The van der Waals surface area contributed by atoms with E-state index in [1.54, 1.807) is 10.7 Å². The van der Waals surface area contributed by atoms with Gasteiger partial charge in [-0.25, -0.2) is 4.68 Å². The topological polar surface area (TPSA) is 73.8 Å². The van der Waals surface area contributed by atoms with Gasteiger partial charge in [0.1, 0.15) is 5.52 Å².